The van der Waals surface area contributed by atoms with E-state index in [9.17, 15) is 13.2 Å². The van der Waals surface area contributed by atoms with Crippen molar-refractivity contribution in [1.82, 2.24) is 10.2 Å². The second-order valence-electron chi connectivity index (χ2n) is 5.75. The van der Waals surface area contributed by atoms with Gasteiger partial charge in [0.15, 0.2) is 18.1 Å². The fourth-order valence-electron chi connectivity index (χ4n) is 2.78. The maximum Gasteiger partial charge on any atom is 0.422 e. The summed E-state index contributed by atoms with van der Waals surface area (Å²) in [7, 11) is 3.39. The molecule has 0 saturated carbocycles. The normalized spacial score (nSPS) is 18.8. The van der Waals surface area contributed by atoms with Crippen LogP contribution in [0.15, 0.2) is 18.2 Å². The van der Waals surface area contributed by atoms with Crippen LogP contribution in [0.2, 0.25) is 0 Å². The Balaban J connectivity index is 0.00000288. The van der Waals surface area contributed by atoms with E-state index in [-0.39, 0.29) is 18.2 Å². The summed E-state index contributed by atoms with van der Waals surface area (Å²) in [5, 5.41) is 3.29. The van der Waals surface area contributed by atoms with Crippen molar-refractivity contribution in [1.29, 1.82) is 0 Å². The van der Waals surface area contributed by atoms with Crippen molar-refractivity contribution in [3.8, 4) is 11.5 Å². The van der Waals surface area contributed by atoms with E-state index in [1.807, 2.05) is 7.05 Å². The van der Waals surface area contributed by atoms with Gasteiger partial charge in [-0.05, 0) is 44.1 Å². The summed E-state index contributed by atoms with van der Waals surface area (Å²) in [6.07, 6.45) is -2.06. The Bertz CT molecular complexity index is 515. The van der Waals surface area contributed by atoms with Crippen LogP contribution in [-0.4, -0.2) is 51.0 Å². The molecule has 1 aliphatic heterocycles. The third-order valence-corrected chi connectivity index (χ3v) is 3.94. The second kappa shape index (κ2) is 9.34. The minimum Gasteiger partial charge on any atom is -0.493 e. The molecule has 138 valence electrons. The van der Waals surface area contributed by atoms with Crippen molar-refractivity contribution in [3.63, 3.8) is 0 Å². The Morgan fingerprint density at radius 3 is 2.67 bits per heavy atom. The van der Waals surface area contributed by atoms with Gasteiger partial charge in [0.1, 0.15) is 0 Å². The van der Waals surface area contributed by atoms with E-state index in [0.717, 1.165) is 31.6 Å². The number of likely N-dealkylation sites (tertiary alicyclic amines) is 1. The fraction of sp³-hybridized carbons (Fsp3) is 0.625. The smallest absolute Gasteiger partial charge is 0.422 e. The maximum atomic E-state index is 12.3. The summed E-state index contributed by atoms with van der Waals surface area (Å²) in [6.45, 7) is 1.41. The summed E-state index contributed by atoms with van der Waals surface area (Å²) < 4.78 is 46.7. The van der Waals surface area contributed by atoms with Gasteiger partial charge in [-0.1, -0.05) is 6.07 Å². The molecule has 1 unspecified atom stereocenters. The predicted molar refractivity (Wildman–Crippen MR) is 89.2 cm³/mol. The van der Waals surface area contributed by atoms with Gasteiger partial charge in [-0.3, -0.25) is 4.90 Å². The van der Waals surface area contributed by atoms with Gasteiger partial charge < -0.3 is 14.8 Å². The number of halogens is 4. The van der Waals surface area contributed by atoms with Gasteiger partial charge >= 0.3 is 6.18 Å². The number of benzene rings is 1. The first-order valence-electron chi connectivity index (χ1n) is 7.67. The molecule has 0 spiro atoms. The lowest BCUT2D eigenvalue weighted by atomic mass is 10.0. The Labute approximate surface area is 146 Å². The summed E-state index contributed by atoms with van der Waals surface area (Å²) in [4.78, 5) is 2.33. The molecule has 0 aromatic heterocycles. The number of likely N-dealkylation sites (N-methyl/N-ethyl adjacent to an activating group) is 1. The zero-order valence-electron chi connectivity index (χ0n) is 13.9. The highest BCUT2D eigenvalue weighted by molar-refractivity contribution is 5.85. The van der Waals surface area contributed by atoms with E-state index in [1.165, 1.54) is 13.5 Å². The van der Waals surface area contributed by atoms with Crippen LogP contribution >= 0.6 is 12.4 Å². The molecule has 2 rings (SSSR count). The zero-order valence-corrected chi connectivity index (χ0v) is 14.7. The SMILES string of the molecule is CNC1CCCN(Cc2ccc(OCC(F)(F)F)c(OC)c2)C1.Cl. The van der Waals surface area contributed by atoms with Gasteiger partial charge in [0.05, 0.1) is 7.11 Å². The Morgan fingerprint density at radius 1 is 1.29 bits per heavy atom. The number of nitrogens with zero attached hydrogens (tertiary/aromatic N) is 1. The topological polar surface area (TPSA) is 33.7 Å². The molecule has 4 nitrogen and oxygen atoms in total. The monoisotopic (exact) mass is 368 g/mol. The number of hydrogen-bond acceptors (Lipinski definition) is 4. The van der Waals surface area contributed by atoms with Crippen molar-refractivity contribution in [2.45, 2.75) is 31.6 Å². The minimum absolute atomic E-state index is 0. The van der Waals surface area contributed by atoms with Gasteiger partial charge in [-0.15, -0.1) is 12.4 Å². The highest BCUT2D eigenvalue weighted by Crippen LogP contribution is 2.30. The highest BCUT2D eigenvalue weighted by atomic mass is 35.5. The van der Waals surface area contributed by atoms with Crippen molar-refractivity contribution < 1.29 is 22.6 Å². The molecule has 1 saturated heterocycles. The molecular formula is C16H24ClF3N2O2. The molecule has 0 bridgehead atoms. The van der Waals surface area contributed by atoms with Crippen molar-refractivity contribution in [2.24, 2.45) is 0 Å². The van der Waals surface area contributed by atoms with Crippen LogP contribution in [0, 0.1) is 0 Å². The fourth-order valence-corrected chi connectivity index (χ4v) is 2.78. The molecule has 8 heteroatoms. The number of methoxy groups -OCH3 is 1. The van der Waals surface area contributed by atoms with Crippen molar-refractivity contribution in [3.05, 3.63) is 23.8 Å². The number of piperidine rings is 1. The number of rotatable bonds is 6. The first-order chi connectivity index (χ1) is 10.9. The van der Waals surface area contributed by atoms with Crippen LogP contribution < -0.4 is 14.8 Å². The average molecular weight is 369 g/mol. The highest BCUT2D eigenvalue weighted by Gasteiger charge is 2.29. The summed E-state index contributed by atoms with van der Waals surface area (Å²) >= 11 is 0. The Morgan fingerprint density at radius 2 is 2.04 bits per heavy atom. The molecule has 1 N–H and O–H groups in total. The van der Waals surface area contributed by atoms with Crippen LogP contribution in [0.1, 0.15) is 18.4 Å². The Hall–Kier alpha value is -1.18. The number of hydrogen-bond donors (Lipinski definition) is 1. The van der Waals surface area contributed by atoms with Gasteiger partial charge in [0.25, 0.3) is 0 Å². The average Bonchev–Trinajstić information content (AvgIpc) is 2.53. The predicted octanol–water partition coefficient (Wildman–Crippen LogP) is 3.24. The number of alkyl halides is 3. The third-order valence-electron chi connectivity index (χ3n) is 3.94. The molecule has 1 aromatic carbocycles. The maximum absolute atomic E-state index is 12.3. The standard InChI is InChI=1S/C16H23F3N2O2.ClH/c1-20-13-4-3-7-21(10-13)9-12-5-6-14(15(8-12)22-2)23-11-16(17,18)19;/h5-6,8,13,20H,3-4,7,9-11H2,1-2H3;1H. The van der Waals surface area contributed by atoms with Crippen molar-refractivity contribution in [2.75, 3.05) is 33.9 Å². The molecular weight excluding hydrogens is 345 g/mol. The van der Waals surface area contributed by atoms with E-state index in [1.54, 1.807) is 18.2 Å². The van der Waals surface area contributed by atoms with Crippen LogP contribution in [0.3, 0.4) is 0 Å². The van der Waals surface area contributed by atoms with Crippen molar-refractivity contribution >= 4 is 12.4 Å². The van der Waals surface area contributed by atoms with E-state index >= 15 is 0 Å². The van der Waals surface area contributed by atoms with E-state index in [0.29, 0.717) is 11.8 Å². The lowest BCUT2D eigenvalue weighted by molar-refractivity contribution is -0.153. The van der Waals surface area contributed by atoms with Gasteiger partial charge in [0.2, 0.25) is 0 Å². The summed E-state index contributed by atoms with van der Waals surface area (Å²) in [6, 6.07) is 5.56. The molecule has 0 radical (unpaired) electrons. The molecule has 0 amide bonds. The number of nitrogens with one attached hydrogen (secondary N) is 1. The molecule has 1 fully saturated rings. The molecule has 1 atom stereocenters. The van der Waals surface area contributed by atoms with Gasteiger partial charge in [0, 0.05) is 19.1 Å². The van der Waals surface area contributed by atoms with E-state index < -0.39 is 12.8 Å². The first kappa shape index (κ1) is 20.9. The molecule has 0 aliphatic carbocycles. The summed E-state index contributed by atoms with van der Waals surface area (Å²) in [5.74, 6) is 0.439. The van der Waals surface area contributed by atoms with Crippen LogP contribution in [0.5, 0.6) is 11.5 Å². The van der Waals surface area contributed by atoms with Gasteiger partial charge in [-0.2, -0.15) is 13.2 Å². The molecule has 1 aromatic rings. The zero-order chi connectivity index (χ0) is 16.9. The lowest BCUT2D eigenvalue weighted by Crippen LogP contribution is -2.43. The van der Waals surface area contributed by atoms with E-state index in [2.05, 4.69) is 10.2 Å². The largest absolute Gasteiger partial charge is 0.493 e. The van der Waals surface area contributed by atoms with Crippen LogP contribution in [-0.2, 0) is 6.54 Å². The quantitative estimate of drug-likeness (QED) is 0.835. The van der Waals surface area contributed by atoms with Crippen LogP contribution in [0.25, 0.3) is 0 Å². The number of ether oxygens (including phenoxy) is 2. The van der Waals surface area contributed by atoms with E-state index in [4.69, 9.17) is 9.47 Å². The van der Waals surface area contributed by atoms with Gasteiger partial charge in [-0.25, -0.2) is 0 Å². The Kier molecular flexibility index (Phi) is 8.12. The first-order valence-corrected chi connectivity index (χ1v) is 7.67. The second-order valence-corrected chi connectivity index (χ2v) is 5.75. The molecule has 24 heavy (non-hydrogen) atoms. The third kappa shape index (κ3) is 6.37. The molecule has 1 heterocycles. The lowest BCUT2D eigenvalue weighted by Gasteiger charge is -2.32. The molecule has 1 aliphatic rings. The van der Waals surface area contributed by atoms with Crippen LogP contribution in [0.4, 0.5) is 13.2 Å². The summed E-state index contributed by atoms with van der Waals surface area (Å²) in [5.41, 5.74) is 0.998. The minimum atomic E-state index is -4.36.